The molecule has 0 unspecified atom stereocenters. The van der Waals surface area contributed by atoms with Crippen LogP contribution in [0.1, 0.15) is 12.8 Å². The predicted octanol–water partition coefficient (Wildman–Crippen LogP) is 2.50. The molecule has 0 bridgehead atoms. The molecule has 3 N–H and O–H groups in total. The fourth-order valence-electron chi connectivity index (χ4n) is 1.69. The van der Waals surface area contributed by atoms with Crippen molar-refractivity contribution in [1.29, 1.82) is 0 Å². The van der Waals surface area contributed by atoms with Crippen LogP contribution >= 0.6 is 0 Å². The van der Waals surface area contributed by atoms with Crippen LogP contribution in [0.4, 0.5) is 24.5 Å². The van der Waals surface area contributed by atoms with E-state index in [2.05, 4.69) is 0 Å². The van der Waals surface area contributed by atoms with Gasteiger partial charge in [-0.1, -0.05) is 12.1 Å². The molecule has 0 spiro atoms. The topological polar surface area (TPSA) is 66.6 Å². The molecule has 0 saturated carbocycles. The Balaban J connectivity index is 2.73. The van der Waals surface area contributed by atoms with Crippen molar-refractivity contribution in [3.05, 3.63) is 24.3 Å². The summed E-state index contributed by atoms with van der Waals surface area (Å²) in [4.78, 5) is 12.1. The number of carbonyl (C=O) groups is 1. The summed E-state index contributed by atoms with van der Waals surface area (Å²) in [5.74, 6) is -1.12. The standard InChI is InChI=1S/C12H15F3N2O2/c13-12(14,15)6-3-7-17(8-11(18)19)10-5-2-1-4-9(10)16/h1-2,4-5H,3,6-8,16H2,(H,18,19). The number of para-hydroxylation sites is 2. The van der Waals surface area contributed by atoms with Crippen LogP contribution in [0.2, 0.25) is 0 Å². The van der Waals surface area contributed by atoms with E-state index in [0.717, 1.165) is 0 Å². The van der Waals surface area contributed by atoms with Gasteiger partial charge in [0.25, 0.3) is 0 Å². The molecule has 0 aromatic heterocycles. The molecule has 1 aromatic rings. The van der Waals surface area contributed by atoms with Gasteiger partial charge in [0, 0.05) is 13.0 Å². The number of carboxylic acid groups (broad SMARTS) is 1. The van der Waals surface area contributed by atoms with Crippen LogP contribution in [0.5, 0.6) is 0 Å². The highest BCUT2D eigenvalue weighted by atomic mass is 19.4. The summed E-state index contributed by atoms with van der Waals surface area (Å²) in [5, 5.41) is 8.79. The summed E-state index contributed by atoms with van der Waals surface area (Å²) in [6.07, 6.45) is -5.36. The van der Waals surface area contributed by atoms with Gasteiger partial charge in [0.1, 0.15) is 6.54 Å². The molecule has 4 nitrogen and oxygen atoms in total. The zero-order valence-corrected chi connectivity index (χ0v) is 10.2. The SMILES string of the molecule is Nc1ccccc1N(CCCC(F)(F)F)CC(=O)O. The Morgan fingerprint density at radius 3 is 2.47 bits per heavy atom. The first-order valence-electron chi connectivity index (χ1n) is 5.67. The summed E-state index contributed by atoms with van der Waals surface area (Å²) in [5.41, 5.74) is 6.48. The number of rotatable bonds is 6. The molecule has 106 valence electrons. The van der Waals surface area contributed by atoms with Gasteiger partial charge in [0.15, 0.2) is 0 Å². The van der Waals surface area contributed by atoms with Crippen LogP contribution in [0, 0.1) is 0 Å². The smallest absolute Gasteiger partial charge is 0.389 e. The molecule has 0 aliphatic carbocycles. The number of halogens is 3. The van der Waals surface area contributed by atoms with Crippen molar-refractivity contribution in [2.75, 3.05) is 23.7 Å². The minimum Gasteiger partial charge on any atom is -0.480 e. The third kappa shape index (κ3) is 5.50. The van der Waals surface area contributed by atoms with E-state index >= 15 is 0 Å². The molecule has 0 radical (unpaired) electrons. The minimum absolute atomic E-state index is 0.0139. The zero-order valence-electron chi connectivity index (χ0n) is 10.2. The molecule has 0 fully saturated rings. The normalized spacial score (nSPS) is 11.3. The van der Waals surface area contributed by atoms with Gasteiger partial charge < -0.3 is 15.7 Å². The number of nitrogens with zero attached hydrogens (tertiary/aromatic N) is 1. The first kappa shape index (κ1) is 15.1. The number of alkyl halides is 3. The quantitative estimate of drug-likeness (QED) is 0.783. The maximum Gasteiger partial charge on any atom is 0.389 e. The lowest BCUT2D eigenvalue weighted by molar-refractivity contribution is -0.135. The number of nitrogens with two attached hydrogens (primary N) is 1. The second kappa shape index (κ2) is 6.31. The second-order valence-corrected chi connectivity index (χ2v) is 4.09. The van der Waals surface area contributed by atoms with E-state index in [4.69, 9.17) is 10.8 Å². The Bertz CT molecular complexity index is 435. The van der Waals surface area contributed by atoms with Gasteiger partial charge in [-0.25, -0.2) is 0 Å². The molecule has 0 heterocycles. The third-order valence-electron chi connectivity index (χ3n) is 2.49. The Labute approximate surface area is 108 Å². The Morgan fingerprint density at radius 1 is 1.32 bits per heavy atom. The summed E-state index contributed by atoms with van der Waals surface area (Å²) in [6, 6.07) is 6.50. The van der Waals surface area contributed by atoms with Gasteiger partial charge in [-0.15, -0.1) is 0 Å². The second-order valence-electron chi connectivity index (χ2n) is 4.09. The molecule has 1 rings (SSSR count). The van der Waals surface area contributed by atoms with Crippen LogP contribution in [0.25, 0.3) is 0 Å². The molecule has 0 amide bonds. The highest BCUT2D eigenvalue weighted by Crippen LogP contribution is 2.25. The number of hydrogen-bond donors (Lipinski definition) is 2. The third-order valence-corrected chi connectivity index (χ3v) is 2.49. The number of carboxylic acids is 1. The van der Waals surface area contributed by atoms with Crippen molar-refractivity contribution < 1.29 is 23.1 Å². The van der Waals surface area contributed by atoms with Crippen LogP contribution in [-0.2, 0) is 4.79 Å². The number of hydrogen-bond acceptors (Lipinski definition) is 3. The molecule has 0 aliphatic rings. The Kier molecular flexibility index (Phi) is 5.02. The van der Waals surface area contributed by atoms with Crippen molar-refractivity contribution in [2.45, 2.75) is 19.0 Å². The molecular formula is C12H15F3N2O2. The molecule has 0 aliphatic heterocycles. The van der Waals surface area contributed by atoms with Crippen LogP contribution in [0.3, 0.4) is 0 Å². The summed E-state index contributed by atoms with van der Waals surface area (Å²) >= 11 is 0. The van der Waals surface area contributed by atoms with Crippen molar-refractivity contribution in [1.82, 2.24) is 0 Å². The van der Waals surface area contributed by atoms with Crippen LogP contribution in [-0.4, -0.2) is 30.3 Å². The molecule has 0 saturated heterocycles. The van der Waals surface area contributed by atoms with Crippen molar-refractivity contribution in [2.24, 2.45) is 0 Å². The lowest BCUT2D eigenvalue weighted by atomic mass is 10.2. The predicted molar refractivity (Wildman–Crippen MR) is 66.0 cm³/mol. The van der Waals surface area contributed by atoms with E-state index in [9.17, 15) is 18.0 Å². The first-order valence-corrected chi connectivity index (χ1v) is 5.67. The van der Waals surface area contributed by atoms with E-state index < -0.39 is 18.6 Å². The zero-order chi connectivity index (χ0) is 14.5. The number of nitrogen functional groups attached to an aromatic ring is 1. The van der Waals surface area contributed by atoms with Gasteiger partial charge in [0.05, 0.1) is 11.4 Å². The molecule has 19 heavy (non-hydrogen) atoms. The average molecular weight is 276 g/mol. The van der Waals surface area contributed by atoms with Gasteiger partial charge in [-0.3, -0.25) is 4.79 Å². The summed E-state index contributed by atoms with van der Waals surface area (Å²) < 4.78 is 36.3. The van der Waals surface area contributed by atoms with Gasteiger partial charge in [-0.05, 0) is 18.6 Å². The van der Waals surface area contributed by atoms with E-state index in [1.807, 2.05) is 0 Å². The Hall–Kier alpha value is -1.92. The lowest BCUT2D eigenvalue weighted by Gasteiger charge is -2.24. The van der Waals surface area contributed by atoms with Crippen molar-refractivity contribution in [3.8, 4) is 0 Å². The lowest BCUT2D eigenvalue weighted by Crippen LogP contribution is -2.31. The fraction of sp³-hybridized carbons (Fsp3) is 0.417. The van der Waals surface area contributed by atoms with E-state index in [1.54, 1.807) is 24.3 Å². The van der Waals surface area contributed by atoms with E-state index in [1.165, 1.54) is 4.90 Å². The van der Waals surface area contributed by atoms with Gasteiger partial charge >= 0.3 is 12.1 Å². The molecule has 1 aromatic carbocycles. The van der Waals surface area contributed by atoms with Crippen molar-refractivity contribution in [3.63, 3.8) is 0 Å². The largest absolute Gasteiger partial charge is 0.480 e. The number of benzene rings is 1. The summed E-state index contributed by atoms with van der Waals surface area (Å²) in [6.45, 7) is -0.397. The fourth-order valence-corrected chi connectivity index (χ4v) is 1.69. The maximum absolute atomic E-state index is 12.1. The monoisotopic (exact) mass is 276 g/mol. The molecular weight excluding hydrogens is 261 g/mol. The Morgan fingerprint density at radius 2 is 1.95 bits per heavy atom. The number of aliphatic carboxylic acids is 1. The van der Waals surface area contributed by atoms with E-state index in [-0.39, 0.29) is 19.5 Å². The highest BCUT2D eigenvalue weighted by Gasteiger charge is 2.26. The van der Waals surface area contributed by atoms with Crippen LogP contribution < -0.4 is 10.6 Å². The maximum atomic E-state index is 12.1. The highest BCUT2D eigenvalue weighted by molar-refractivity contribution is 5.77. The van der Waals surface area contributed by atoms with Gasteiger partial charge in [-0.2, -0.15) is 13.2 Å². The number of anilines is 2. The summed E-state index contributed by atoms with van der Waals surface area (Å²) in [7, 11) is 0. The van der Waals surface area contributed by atoms with E-state index in [0.29, 0.717) is 11.4 Å². The van der Waals surface area contributed by atoms with Gasteiger partial charge in [0.2, 0.25) is 0 Å². The molecule has 0 atom stereocenters. The minimum atomic E-state index is -4.24. The average Bonchev–Trinajstić information content (AvgIpc) is 2.26. The van der Waals surface area contributed by atoms with Crippen LogP contribution in [0.15, 0.2) is 24.3 Å². The molecule has 7 heteroatoms. The van der Waals surface area contributed by atoms with Crippen molar-refractivity contribution >= 4 is 17.3 Å². The first-order chi connectivity index (χ1) is 8.79.